The van der Waals surface area contributed by atoms with Crippen LogP contribution in [-0.2, 0) is 17.8 Å². The largest absolute Gasteiger partial charge is 0.490 e. The molecular weight excluding hydrogens is 505 g/mol. The van der Waals surface area contributed by atoms with E-state index in [0.717, 1.165) is 64.6 Å². The first kappa shape index (κ1) is 24.2. The van der Waals surface area contributed by atoms with E-state index in [-0.39, 0.29) is 18.0 Å². The van der Waals surface area contributed by atoms with Crippen LogP contribution in [0.1, 0.15) is 36.8 Å². The van der Waals surface area contributed by atoms with Crippen LogP contribution in [0.15, 0.2) is 65.1 Å². The Morgan fingerprint density at radius 3 is 2.42 bits per heavy atom. The molecule has 0 saturated heterocycles. The van der Waals surface area contributed by atoms with Crippen LogP contribution in [0.3, 0.4) is 0 Å². The Morgan fingerprint density at radius 2 is 1.70 bits per heavy atom. The molecule has 0 amide bonds. The summed E-state index contributed by atoms with van der Waals surface area (Å²) < 4.78 is 27.3. The summed E-state index contributed by atoms with van der Waals surface area (Å²) >= 11 is 9.56. The predicted molar refractivity (Wildman–Crippen MR) is 135 cm³/mol. The molecule has 0 aliphatic heterocycles. The minimum Gasteiger partial charge on any atom is -0.490 e. The van der Waals surface area contributed by atoms with Gasteiger partial charge in [0, 0.05) is 9.50 Å². The summed E-state index contributed by atoms with van der Waals surface area (Å²) in [7, 11) is 0. The molecule has 0 spiro atoms. The van der Waals surface area contributed by atoms with E-state index in [9.17, 15) is 4.39 Å². The predicted octanol–water partition coefficient (Wildman–Crippen LogP) is 7.32. The summed E-state index contributed by atoms with van der Waals surface area (Å²) in [5, 5.41) is 0.708. The van der Waals surface area contributed by atoms with Gasteiger partial charge in [-0.25, -0.2) is 4.39 Å². The molecule has 174 valence electrons. The van der Waals surface area contributed by atoms with E-state index in [0.29, 0.717) is 18.2 Å². The number of benzene rings is 3. The van der Waals surface area contributed by atoms with E-state index >= 15 is 0 Å². The highest BCUT2D eigenvalue weighted by molar-refractivity contribution is 9.10. The second kappa shape index (κ2) is 11.5. The van der Waals surface area contributed by atoms with Gasteiger partial charge in [0.25, 0.3) is 0 Å². The minimum absolute atomic E-state index is 0.146. The Balaban J connectivity index is 1.35. The molecule has 0 radical (unpaired) electrons. The molecule has 2 N–H and O–H groups in total. The van der Waals surface area contributed by atoms with E-state index in [2.05, 4.69) is 15.9 Å². The second-order valence-electron chi connectivity index (χ2n) is 8.43. The van der Waals surface area contributed by atoms with Crippen molar-refractivity contribution in [1.82, 2.24) is 0 Å². The molecule has 33 heavy (non-hydrogen) atoms. The highest BCUT2D eigenvalue weighted by Crippen LogP contribution is 2.32. The van der Waals surface area contributed by atoms with Gasteiger partial charge in [-0.1, -0.05) is 51.8 Å². The first-order chi connectivity index (χ1) is 16.0. The van der Waals surface area contributed by atoms with Gasteiger partial charge >= 0.3 is 0 Å². The molecule has 1 aliphatic rings. The third kappa shape index (κ3) is 6.57. The van der Waals surface area contributed by atoms with Crippen LogP contribution in [0.4, 0.5) is 4.39 Å². The third-order valence-electron chi connectivity index (χ3n) is 6.04. The molecule has 3 aromatic carbocycles. The Bertz CT molecular complexity index is 1090. The SMILES string of the molecule is NCCc1ccc(OC2CCC(OCc3ccc(Cl)cc3Br)CC2)cc1-c1cccc(F)c1. The Labute approximate surface area is 208 Å². The van der Waals surface area contributed by atoms with Crippen molar-refractivity contribution in [3.8, 4) is 16.9 Å². The van der Waals surface area contributed by atoms with Crippen LogP contribution in [0.5, 0.6) is 5.75 Å². The molecular formula is C27H28BrClFNO2. The summed E-state index contributed by atoms with van der Waals surface area (Å²) in [5.41, 5.74) is 9.80. The number of ether oxygens (including phenoxy) is 2. The maximum absolute atomic E-state index is 13.8. The minimum atomic E-state index is -0.249. The first-order valence-electron chi connectivity index (χ1n) is 11.3. The highest BCUT2D eigenvalue weighted by atomic mass is 79.9. The van der Waals surface area contributed by atoms with Crippen LogP contribution >= 0.6 is 27.5 Å². The fraction of sp³-hybridized carbons (Fsp3) is 0.333. The summed E-state index contributed by atoms with van der Waals surface area (Å²) in [6.07, 6.45) is 4.89. The molecule has 1 fully saturated rings. The normalized spacial score (nSPS) is 18.3. The van der Waals surface area contributed by atoms with Crippen LogP contribution < -0.4 is 10.5 Å². The zero-order valence-corrected chi connectivity index (χ0v) is 20.7. The highest BCUT2D eigenvalue weighted by Gasteiger charge is 2.23. The Kier molecular flexibility index (Phi) is 8.42. The average molecular weight is 533 g/mol. The summed E-state index contributed by atoms with van der Waals surface area (Å²) in [4.78, 5) is 0. The third-order valence-corrected chi connectivity index (χ3v) is 7.02. The number of hydrogen-bond donors (Lipinski definition) is 1. The number of halogens is 3. The van der Waals surface area contributed by atoms with Gasteiger partial charge in [-0.15, -0.1) is 0 Å². The number of rotatable bonds is 8. The summed E-state index contributed by atoms with van der Waals surface area (Å²) in [6.45, 7) is 1.10. The van der Waals surface area contributed by atoms with Crippen molar-refractivity contribution < 1.29 is 13.9 Å². The fourth-order valence-corrected chi connectivity index (χ4v) is 5.08. The average Bonchev–Trinajstić information content (AvgIpc) is 2.81. The summed E-state index contributed by atoms with van der Waals surface area (Å²) in [6, 6.07) is 18.5. The lowest BCUT2D eigenvalue weighted by Crippen LogP contribution is -2.28. The molecule has 0 aromatic heterocycles. The van der Waals surface area contributed by atoms with Crippen molar-refractivity contribution in [1.29, 1.82) is 0 Å². The molecule has 3 aromatic rings. The fourth-order valence-electron chi connectivity index (χ4n) is 4.28. The van der Waals surface area contributed by atoms with Crippen molar-refractivity contribution in [3.63, 3.8) is 0 Å². The van der Waals surface area contributed by atoms with Crippen molar-refractivity contribution >= 4 is 27.5 Å². The molecule has 1 saturated carbocycles. The van der Waals surface area contributed by atoms with E-state index in [1.807, 2.05) is 42.5 Å². The molecule has 3 nitrogen and oxygen atoms in total. The van der Waals surface area contributed by atoms with E-state index in [4.69, 9.17) is 26.8 Å². The molecule has 4 rings (SSSR count). The number of nitrogens with two attached hydrogens (primary N) is 1. The smallest absolute Gasteiger partial charge is 0.123 e. The van der Waals surface area contributed by atoms with Gasteiger partial charge in [-0.2, -0.15) is 0 Å². The van der Waals surface area contributed by atoms with Crippen LogP contribution in [0.25, 0.3) is 11.1 Å². The van der Waals surface area contributed by atoms with Gasteiger partial charge < -0.3 is 15.2 Å². The Hall–Kier alpha value is -1.92. The molecule has 1 aliphatic carbocycles. The maximum atomic E-state index is 13.8. The van der Waals surface area contributed by atoms with Crippen LogP contribution in [0, 0.1) is 5.82 Å². The lowest BCUT2D eigenvalue weighted by molar-refractivity contribution is -0.00681. The van der Waals surface area contributed by atoms with Crippen molar-refractivity contribution in [2.24, 2.45) is 5.73 Å². The van der Waals surface area contributed by atoms with Crippen LogP contribution in [-0.4, -0.2) is 18.8 Å². The lowest BCUT2D eigenvalue weighted by Gasteiger charge is -2.29. The molecule has 0 heterocycles. The maximum Gasteiger partial charge on any atom is 0.123 e. The molecule has 0 atom stereocenters. The van der Waals surface area contributed by atoms with Crippen LogP contribution in [0.2, 0.25) is 5.02 Å². The van der Waals surface area contributed by atoms with E-state index in [1.165, 1.54) is 6.07 Å². The van der Waals surface area contributed by atoms with Gasteiger partial charge in [0.2, 0.25) is 0 Å². The zero-order valence-electron chi connectivity index (χ0n) is 18.4. The standard InChI is InChI=1S/C27H28BrClFNO2/c28-27-15-21(29)6-4-20(27)17-32-23-8-10-24(11-9-23)33-25-7-5-18(12-13-31)26(16-25)19-2-1-3-22(30)14-19/h1-7,14-16,23-24H,8-13,17,31H2. The lowest BCUT2D eigenvalue weighted by atomic mass is 9.94. The second-order valence-corrected chi connectivity index (χ2v) is 9.72. The van der Waals surface area contributed by atoms with Crippen molar-refractivity contribution in [2.45, 2.75) is 50.9 Å². The first-order valence-corrected chi connectivity index (χ1v) is 12.5. The summed E-state index contributed by atoms with van der Waals surface area (Å²) in [5.74, 6) is 0.561. The molecule has 6 heteroatoms. The quantitative estimate of drug-likeness (QED) is 0.331. The van der Waals surface area contributed by atoms with Gasteiger partial charge in [-0.3, -0.25) is 0 Å². The Morgan fingerprint density at radius 1 is 0.939 bits per heavy atom. The van der Waals surface area contributed by atoms with Crippen molar-refractivity contribution in [2.75, 3.05) is 6.54 Å². The van der Waals surface area contributed by atoms with Gasteiger partial charge in [-0.05, 0) is 97.3 Å². The van der Waals surface area contributed by atoms with E-state index in [1.54, 1.807) is 12.1 Å². The van der Waals surface area contributed by atoms with Crippen molar-refractivity contribution in [3.05, 3.63) is 87.1 Å². The monoisotopic (exact) mass is 531 g/mol. The number of hydrogen-bond acceptors (Lipinski definition) is 3. The molecule has 0 unspecified atom stereocenters. The topological polar surface area (TPSA) is 44.5 Å². The van der Waals surface area contributed by atoms with E-state index < -0.39 is 0 Å². The van der Waals surface area contributed by atoms with Gasteiger partial charge in [0.15, 0.2) is 0 Å². The van der Waals surface area contributed by atoms with Gasteiger partial charge in [0.1, 0.15) is 11.6 Å². The zero-order chi connectivity index (χ0) is 23.2. The molecule has 0 bridgehead atoms. The van der Waals surface area contributed by atoms with Gasteiger partial charge in [0.05, 0.1) is 18.8 Å².